The van der Waals surface area contributed by atoms with Crippen molar-refractivity contribution in [2.45, 2.75) is 0 Å². The van der Waals surface area contributed by atoms with Crippen LogP contribution in [0.1, 0.15) is 20.7 Å². The van der Waals surface area contributed by atoms with Gasteiger partial charge in [0, 0.05) is 51.7 Å². The van der Waals surface area contributed by atoms with Crippen LogP contribution in [0.15, 0.2) is 60.9 Å². The third-order valence-electron chi connectivity index (χ3n) is 5.91. The first-order valence-electron chi connectivity index (χ1n) is 10.3. The molecule has 1 aromatic heterocycles. The van der Waals surface area contributed by atoms with Gasteiger partial charge in [0.1, 0.15) is 5.82 Å². The second-order valence-electron chi connectivity index (χ2n) is 7.68. The van der Waals surface area contributed by atoms with Crippen LogP contribution in [-0.2, 0) is 0 Å². The Hall–Kier alpha value is -3.52. The number of piperazine rings is 1. The zero-order valence-electron chi connectivity index (χ0n) is 16.9. The number of anilines is 1. The summed E-state index contributed by atoms with van der Waals surface area (Å²) >= 11 is 0. The van der Waals surface area contributed by atoms with Crippen molar-refractivity contribution in [3.63, 3.8) is 0 Å². The van der Waals surface area contributed by atoms with Gasteiger partial charge in [-0.2, -0.15) is 0 Å². The lowest BCUT2D eigenvalue weighted by Crippen LogP contribution is -2.49. The second-order valence-corrected chi connectivity index (χ2v) is 7.68. The lowest BCUT2D eigenvalue weighted by molar-refractivity contribution is 0.0635. The molecule has 0 N–H and O–H groups in total. The van der Waals surface area contributed by atoms with Crippen molar-refractivity contribution in [1.29, 1.82) is 0 Å². The first-order valence-corrected chi connectivity index (χ1v) is 10.3. The van der Waals surface area contributed by atoms with Gasteiger partial charge < -0.3 is 4.90 Å². The highest BCUT2D eigenvalue weighted by Crippen LogP contribution is 2.23. The molecule has 158 valence electrons. The Labute approximate surface area is 179 Å². The Morgan fingerprint density at radius 3 is 2.16 bits per heavy atom. The third-order valence-corrected chi connectivity index (χ3v) is 5.91. The summed E-state index contributed by atoms with van der Waals surface area (Å²) < 4.78 is 16.0. The third kappa shape index (κ3) is 3.48. The maximum absolute atomic E-state index is 14.2. The number of imidazole rings is 1. The standard InChI is InChI=1S/C23H22FN5O2/c24-19-7-3-4-8-20(19)28-10-9-25-23(28)27-14-11-26(12-15-27)13-16-29-21(30)17-5-1-2-6-18(17)22(29)31/h1-10H,11-16H2. The molecule has 7 nitrogen and oxygen atoms in total. The molecule has 2 aliphatic heterocycles. The molecule has 3 aromatic rings. The summed E-state index contributed by atoms with van der Waals surface area (Å²) in [6.07, 6.45) is 3.44. The number of fused-ring (bicyclic) bond motifs is 1. The van der Waals surface area contributed by atoms with E-state index in [-0.39, 0.29) is 17.6 Å². The number of halogens is 1. The van der Waals surface area contributed by atoms with E-state index in [2.05, 4.69) is 14.8 Å². The van der Waals surface area contributed by atoms with E-state index in [0.29, 0.717) is 35.9 Å². The Balaban J connectivity index is 1.20. The van der Waals surface area contributed by atoms with Crippen molar-refractivity contribution in [3.05, 3.63) is 77.9 Å². The number of aromatic nitrogens is 2. The fourth-order valence-corrected chi connectivity index (χ4v) is 4.22. The van der Waals surface area contributed by atoms with Crippen LogP contribution >= 0.6 is 0 Å². The average Bonchev–Trinajstić information content (AvgIpc) is 3.37. The SMILES string of the molecule is O=C1c2ccccc2C(=O)N1CCN1CCN(c2nccn2-c2ccccc2F)CC1. The van der Waals surface area contributed by atoms with Crippen molar-refractivity contribution in [2.24, 2.45) is 0 Å². The van der Waals surface area contributed by atoms with E-state index >= 15 is 0 Å². The van der Waals surface area contributed by atoms with Gasteiger partial charge in [-0.1, -0.05) is 24.3 Å². The summed E-state index contributed by atoms with van der Waals surface area (Å²) in [5, 5.41) is 0. The number of imide groups is 1. The molecule has 0 unspecified atom stereocenters. The van der Waals surface area contributed by atoms with E-state index < -0.39 is 0 Å². The predicted octanol–water partition coefficient (Wildman–Crippen LogP) is 2.43. The zero-order valence-corrected chi connectivity index (χ0v) is 16.9. The van der Waals surface area contributed by atoms with E-state index in [9.17, 15) is 14.0 Å². The van der Waals surface area contributed by atoms with E-state index in [1.165, 1.54) is 11.0 Å². The van der Waals surface area contributed by atoms with Gasteiger partial charge >= 0.3 is 0 Å². The average molecular weight is 419 g/mol. The Morgan fingerprint density at radius 2 is 1.48 bits per heavy atom. The number of rotatable bonds is 5. The predicted molar refractivity (Wildman–Crippen MR) is 114 cm³/mol. The molecular formula is C23H22FN5O2. The van der Waals surface area contributed by atoms with E-state index in [1.54, 1.807) is 59.4 Å². The van der Waals surface area contributed by atoms with Crippen molar-refractivity contribution in [1.82, 2.24) is 19.4 Å². The van der Waals surface area contributed by atoms with Gasteiger partial charge in [0.25, 0.3) is 11.8 Å². The van der Waals surface area contributed by atoms with Crippen molar-refractivity contribution in [3.8, 4) is 5.69 Å². The topological polar surface area (TPSA) is 61.7 Å². The molecule has 1 fully saturated rings. The first-order chi connectivity index (χ1) is 15.1. The molecule has 2 aromatic carbocycles. The highest BCUT2D eigenvalue weighted by molar-refractivity contribution is 6.21. The van der Waals surface area contributed by atoms with Crippen LogP contribution in [0.25, 0.3) is 5.69 Å². The largest absolute Gasteiger partial charge is 0.339 e. The zero-order chi connectivity index (χ0) is 21.4. The minimum absolute atomic E-state index is 0.217. The minimum Gasteiger partial charge on any atom is -0.339 e. The Morgan fingerprint density at radius 1 is 0.839 bits per heavy atom. The van der Waals surface area contributed by atoms with E-state index in [1.807, 2.05) is 0 Å². The first kappa shape index (κ1) is 19.4. The van der Waals surface area contributed by atoms with Crippen LogP contribution < -0.4 is 4.90 Å². The van der Waals surface area contributed by atoms with Gasteiger partial charge in [0.15, 0.2) is 0 Å². The van der Waals surface area contributed by atoms with Gasteiger partial charge in [-0.15, -0.1) is 0 Å². The van der Waals surface area contributed by atoms with Crippen LogP contribution in [0.5, 0.6) is 0 Å². The van der Waals surface area contributed by atoms with Crippen LogP contribution in [0.2, 0.25) is 0 Å². The van der Waals surface area contributed by atoms with Crippen LogP contribution in [-0.4, -0.2) is 70.4 Å². The summed E-state index contributed by atoms with van der Waals surface area (Å²) in [6.45, 7) is 4.00. The lowest BCUT2D eigenvalue weighted by Gasteiger charge is -2.36. The Kier molecular flexibility index (Phi) is 4.99. The number of para-hydroxylation sites is 1. The number of hydrogen-bond acceptors (Lipinski definition) is 5. The summed E-state index contributed by atoms with van der Waals surface area (Å²) in [5.41, 5.74) is 1.44. The van der Waals surface area contributed by atoms with Crippen LogP contribution in [0.4, 0.5) is 10.3 Å². The number of hydrogen-bond donors (Lipinski definition) is 0. The van der Waals surface area contributed by atoms with Gasteiger partial charge in [-0.3, -0.25) is 24.0 Å². The molecule has 3 heterocycles. The number of carbonyl (C=O) groups excluding carboxylic acids is 2. The second kappa shape index (κ2) is 7.96. The molecule has 0 saturated carbocycles. The van der Waals surface area contributed by atoms with E-state index in [4.69, 9.17) is 0 Å². The fraction of sp³-hybridized carbons (Fsp3) is 0.261. The van der Waals surface area contributed by atoms with E-state index in [0.717, 1.165) is 26.2 Å². The number of amides is 2. The molecule has 0 bridgehead atoms. The van der Waals surface area contributed by atoms with Gasteiger partial charge in [-0.25, -0.2) is 9.37 Å². The molecule has 2 amide bonds. The smallest absolute Gasteiger partial charge is 0.261 e. The lowest BCUT2D eigenvalue weighted by atomic mass is 10.1. The highest BCUT2D eigenvalue weighted by atomic mass is 19.1. The van der Waals surface area contributed by atoms with Crippen molar-refractivity contribution >= 4 is 17.8 Å². The van der Waals surface area contributed by atoms with Crippen molar-refractivity contribution < 1.29 is 14.0 Å². The number of nitrogens with zero attached hydrogens (tertiary/aromatic N) is 5. The molecule has 0 aliphatic carbocycles. The summed E-state index contributed by atoms with van der Waals surface area (Å²) in [6, 6.07) is 13.6. The summed E-state index contributed by atoms with van der Waals surface area (Å²) in [5.74, 6) is -0.0104. The molecule has 1 saturated heterocycles. The van der Waals surface area contributed by atoms with Crippen molar-refractivity contribution in [2.75, 3.05) is 44.2 Å². The molecule has 0 radical (unpaired) electrons. The fourth-order valence-electron chi connectivity index (χ4n) is 4.22. The normalized spacial score (nSPS) is 16.8. The van der Waals surface area contributed by atoms with Crippen LogP contribution in [0.3, 0.4) is 0 Å². The number of benzene rings is 2. The van der Waals surface area contributed by atoms with Gasteiger partial charge in [-0.05, 0) is 24.3 Å². The summed E-state index contributed by atoms with van der Waals surface area (Å²) in [4.78, 5) is 35.2. The maximum atomic E-state index is 14.2. The molecule has 31 heavy (non-hydrogen) atoms. The van der Waals surface area contributed by atoms with Gasteiger partial charge in [0.2, 0.25) is 5.95 Å². The quantitative estimate of drug-likeness (QED) is 0.595. The summed E-state index contributed by atoms with van der Waals surface area (Å²) in [7, 11) is 0. The minimum atomic E-state index is -0.290. The Bertz CT molecular complexity index is 1100. The monoisotopic (exact) mass is 419 g/mol. The molecule has 0 spiro atoms. The molecule has 5 rings (SSSR count). The number of carbonyl (C=O) groups is 2. The molecule has 0 atom stereocenters. The molecule has 8 heteroatoms. The highest BCUT2D eigenvalue weighted by Gasteiger charge is 2.35. The maximum Gasteiger partial charge on any atom is 0.261 e. The van der Waals surface area contributed by atoms with Crippen LogP contribution in [0, 0.1) is 5.82 Å². The van der Waals surface area contributed by atoms with Gasteiger partial charge in [0.05, 0.1) is 16.8 Å². The molecular weight excluding hydrogens is 397 g/mol. The molecule has 2 aliphatic rings.